The molecule has 0 saturated carbocycles. The highest BCUT2D eigenvalue weighted by molar-refractivity contribution is 7.89. The average molecular weight is 440 g/mol. The predicted molar refractivity (Wildman–Crippen MR) is 116 cm³/mol. The molecule has 1 N–H and O–H groups in total. The van der Waals surface area contributed by atoms with Crippen molar-refractivity contribution in [3.8, 4) is 0 Å². The summed E-state index contributed by atoms with van der Waals surface area (Å²) in [6.07, 6.45) is 2.78. The van der Waals surface area contributed by atoms with Gasteiger partial charge >= 0.3 is 5.97 Å². The number of carbonyl (C=O) groups is 2. The standard InChI is InChI=1S/C21H33N3O5S/c1-5-16(4)22-20(25)15-29-21(26)18-14-17(30(27,28)24(6-2)7-3)10-11-19(18)23-12-8-9-13-23/h10-11,14,16H,5-9,12-13,15H2,1-4H3,(H,22,25). The van der Waals surface area contributed by atoms with E-state index in [1.54, 1.807) is 19.9 Å². The quantitative estimate of drug-likeness (QED) is 0.563. The van der Waals surface area contributed by atoms with Crippen molar-refractivity contribution in [3.63, 3.8) is 0 Å². The third-order valence-corrected chi connectivity index (χ3v) is 7.38. The average Bonchev–Trinajstić information content (AvgIpc) is 3.26. The van der Waals surface area contributed by atoms with E-state index >= 15 is 0 Å². The minimum atomic E-state index is -3.72. The minimum absolute atomic E-state index is 0.0149. The number of hydrogen-bond donors (Lipinski definition) is 1. The number of nitrogens with one attached hydrogen (secondary N) is 1. The van der Waals surface area contributed by atoms with Crippen molar-refractivity contribution in [1.29, 1.82) is 0 Å². The van der Waals surface area contributed by atoms with Crippen LogP contribution in [0.15, 0.2) is 23.1 Å². The number of amides is 1. The Morgan fingerprint density at radius 1 is 1.17 bits per heavy atom. The molecule has 1 aliphatic rings. The first-order valence-corrected chi connectivity index (χ1v) is 12.0. The van der Waals surface area contributed by atoms with Crippen LogP contribution in [0.25, 0.3) is 0 Å². The zero-order valence-corrected chi connectivity index (χ0v) is 19.1. The molecule has 1 aliphatic heterocycles. The lowest BCUT2D eigenvalue weighted by Gasteiger charge is -2.23. The van der Waals surface area contributed by atoms with E-state index in [1.807, 2.05) is 18.7 Å². The fourth-order valence-electron chi connectivity index (χ4n) is 3.41. The summed E-state index contributed by atoms with van der Waals surface area (Å²) < 4.78 is 32.4. The molecule has 0 bridgehead atoms. The molecule has 1 aromatic rings. The second-order valence-corrected chi connectivity index (χ2v) is 9.35. The van der Waals surface area contributed by atoms with Crippen LogP contribution in [0.2, 0.25) is 0 Å². The zero-order chi connectivity index (χ0) is 22.3. The molecule has 0 radical (unpaired) electrons. The van der Waals surface area contributed by atoms with Crippen molar-refractivity contribution in [2.75, 3.05) is 37.7 Å². The summed E-state index contributed by atoms with van der Waals surface area (Å²) in [4.78, 5) is 26.9. The highest BCUT2D eigenvalue weighted by Gasteiger charge is 2.27. The summed E-state index contributed by atoms with van der Waals surface area (Å²) in [6, 6.07) is 4.56. The highest BCUT2D eigenvalue weighted by atomic mass is 32.2. The molecule has 0 aliphatic carbocycles. The van der Waals surface area contributed by atoms with E-state index in [9.17, 15) is 18.0 Å². The van der Waals surface area contributed by atoms with E-state index in [1.165, 1.54) is 16.4 Å². The lowest BCUT2D eigenvalue weighted by molar-refractivity contribution is -0.124. The number of rotatable bonds is 10. The first-order valence-electron chi connectivity index (χ1n) is 10.6. The number of sulfonamides is 1. The molecule has 1 unspecified atom stereocenters. The van der Waals surface area contributed by atoms with Gasteiger partial charge in [-0.05, 0) is 44.4 Å². The molecule has 1 saturated heterocycles. The second kappa shape index (κ2) is 10.8. The maximum Gasteiger partial charge on any atom is 0.340 e. The lowest BCUT2D eigenvalue weighted by atomic mass is 10.1. The Balaban J connectivity index is 2.31. The van der Waals surface area contributed by atoms with Crippen molar-refractivity contribution in [2.45, 2.75) is 57.9 Å². The SMILES string of the molecule is CCC(C)NC(=O)COC(=O)c1cc(S(=O)(=O)N(CC)CC)ccc1N1CCCC1. The Bertz CT molecular complexity index is 846. The van der Waals surface area contributed by atoms with Crippen LogP contribution in [0.5, 0.6) is 0 Å². The summed E-state index contributed by atoms with van der Waals surface area (Å²) in [5, 5.41) is 2.74. The fourth-order valence-corrected chi connectivity index (χ4v) is 4.90. The van der Waals surface area contributed by atoms with E-state index in [2.05, 4.69) is 5.32 Å². The Kier molecular flexibility index (Phi) is 8.66. The van der Waals surface area contributed by atoms with Gasteiger partial charge in [0.2, 0.25) is 10.0 Å². The first-order chi connectivity index (χ1) is 14.2. The monoisotopic (exact) mass is 439 g/mol. The third kappa shape index (κ3) is 5.72. The Morgan fingerprint density at radius 2 is 1.80 bits per heavy atom. The molecule has 1 atom stereocenters. The molecule has 1 fully saturated rings. The van der Waals surface area contributed by atoms with Gasteiger partial charge in [-0.25, -0.2) is 13.2 Å². The molecule has 0 aromatic heterocycles. The molecule has 30 heavy (non-hydrogen) atoms. The van der Waals surface area contributed by atoms with Crippen LogP contribution in [0, 0.1) is 0 Å². The van der Waals surface area contributed by atoms with Crippen molar-refractivity contribution < 1.29 is 22.7 Å². The van der Waals surface area contributed by atoms with Crippen molar-refractivity contribution >= 4 is 27.6 Å². The van der Waals surface area contributed by atoms with Crippen molar-refractivity contribution in [1.82, 2.24) is 9.62 Å². The molecule has 1 aromatic carbocycles. The van der Waals surface area contributed by atoms with Gasteiger partial charge in [0.25, 0.3) is 5.91 Å². The molecule has 0 spiro atoms. The van der Waals surface area contributed by atoms with Gasteiger partial charge in [0.1, 0.15) is 0 Å². The molecule has 1 amide bonds. The summed E-state index contributed by atoms with van der Waals surface area (Å²) in [6.45, 7) is 9.19. The summed E-state index contributed by atoms with van der Waals surface area (Å²) in [5.74, 6) is -1.08. The van der Waals surface area contributed by atoms with Crippen LogP contribution >= 0.6 is 0 Å². The van der Waals surface area contributed by atoms with E-state index < -0.39 is 22.6 Å². The molecule has 8 nitrogen and oxygen atoms in total. The Labute approximate surface area is 179 Å². The van der Waals surface area contributed by atoms with Gasteiger partial charge in [0, 0.05) is 32.2 Å². The maximum atomic E-state index is 12.9. The lowest BCUT2D eigenvalue weighted by Crippen LogP contribution is -2.35. The Hall–Kier alpha value is -2.13. The number of ether oxygens (including phenoxy) is 1. The van der Waals surface area contributed by atoms with Crippen LogP contribution in [-0.2, 0) is 19.6 Å². The zero-order valence-electron chi connectivity index (χ0n) is 18.3. The van der Waals surface area contributed by atoms with Crippen LogP contribution < -0.4 is 10.2 Å². The van der Waals surface area contributed by atoms with Gasteiger partial charge in [-0.15, -0.1) is 0 Å². The second-order valence-electron chi connectivity index (χ2n) is 7.42. The summed E-state index contributed by atoms with van der Waals surface area (Å²) in [7, 11) is -3.72. The number of carbonyl (C=O) groups excluding carboxylic acids is 2. The van der Waals surface area contributed by atoms with E-state index in [4.69, 9.17) is 4.74 Å². The van der Waals surface area contributed by atoms with E-state index in [-0.39, 0.29) is 22.4 Å². The van der Waals surface area contributed by atoms with Crippen LogP contribution in [-0.4, -0.2) is 63.4 Å². The number of benzene rings is 1. The van der Waals surface area contributed by atoms with E-state index in [0.717, 1.165) is 32.4 Å². The highest BCUT2D eigenvalue weighted by Crippen LogP contribution is 2.29. The van der Waals surface area contributed by atoms with Gasteiger partial charge in [-0.3, -0.25) is 4.79 Å². The molecule has 1 heterocycles. The van der Waals surface area contributed by atoms with Gasteiger partial charge in [-0.2, -0.15) is 4.31 Å². The molecular formula is C21H33N3O5S. The predicted octanol–water partition coefficient (Wildman–Crippen LogP) is 2.39. The molecule has 9 heteroatoms. The topological polar surface area (TPSA) is 96.0 Å². The molecular weight excluding hydrogens is 406 g/mol. The van der Waals surface area contributed by atoms with E-state index in [0.29, 0.717) is 18.8 Å². The molecule has 2 rings (SSSR count). The van der Waals surface area contributed by atoms with Crippen molar-refractivity contribution in [2.24, 2.45) is 0 Å². The largest absolute Gasteiger partial charge is 0.452 e. The maximum absolute atomic E-state index is 12.9. The van der Waals surface area contributed by atoms with Gasteiger partial charge in [0.05, 0.1) is 16.1 Å². The van der Waals surface area contributed by atoms with Crippen LogP contribution in [0.1, 0.15) is 57.3 Å². The normalized spacial score (nSPS) is 15.3. The fraction of sp³-hybridized carbons (Fsp3) is 0.619. The smallest absolute Gasteiger partial charge is 0.340 e. The number of esters is 1. The minimum Gasteiger partial charge on any atom is -0.452 e. The summed E-state index contributed by atoms with van der Waals surface area (Å²) >= 11 is 0. The number of hydrogen-bond acceptors (Lipinski definition) is 6. The third-order valence-electron chi connectivity index (χ3n) is 5.33. The summed E-state index contributed by atoms with van der Waals surface area (Å²) in [5.41, 5.74) is 0.805. The Morgan fingerprint density at radius 3 is 2.37 bits per heavy atom. The van der Waals surface area contributed by atoms with Crippen molar-refractivity contribution in [3.05, 3.63) is 23.8 Å². The number of anilines is 1. The van der Waals surface area contributed by atoms with Gasteiger partial charge < -0.3 is 15.0 Å². The van der Waals surface area contributed by atoms with Gasteiger partial charge in [-0.1, -0.05) is 20.8 Å². The first kappa shape index (κ1) is 24.1. The van der Waals surface area contributed by atoms with Crippen LogP contribution in [0.3, 0.4) is 0 Å². The number of nitrogens with zero attached hydrogens (tertiary/aromatic N) is 2. The van der Waals surface area contributed by atoms with Crippen LogP contribution in [0.4, 0.5) is 5.69 Å². The van der Waals surface area contributed by atoms with Gasteiger partial charge in [0.15, 0.2) is 6.61 Å². The molecule has 168 valence electrons.